The molecule has 0 aliphatic heterocycles. The van der Waals surface area contributed by atoms with Gasteiger partial charge in [-0.3, -0.25) is 0 Å². The molecule has 4 N–H and O–H groups in total. The Balaban J connectivity index is -0.0000000625. The van der Waals surface area contributed by atoms with Crippen molar-refractivity contribution in [3.05, 3.63) is 0 Å². The van der Waals surface area contributed by atoms with Gasteiger partial charge in [-0.25, -0.2) is 9.59 Å². The summed E-state index contributed by atoms with van der Waals surface area (Å²) in [4.78, 5) is 36.1. The second kappa shape index (κ2) is 11.5. The summed E-state index contributed by atoms with van der Waals surface area (Å²) in [5.41, 5.74) is 0. The fourth-order valence-electron chi connectivity index (χ4n) is 0. The molecule has 0 aliphatic rings. The van der Waals surface area contributed by atoms with E-state index in [2.05, 4.69) is 0 Å². The van der Waals surface area contributed by atoms with Gasteiger partial charge in [-0.1, -0.05) is 0 Å². The van der Waals surface area contributed by atoms with E-state index in [9.17, 15) is 0 Å². The molecular formula is C4H4O9Pd. The summed E-state index contributed by atoms with van der Waals surface area (Å²) in [7, 11) is 0. The topological polar surface area (TPSA) is 186 Å². The average Bonchev–Trinajstić information content (AvgIpc) is 1.88. The van der Waals surface area contributed by atoms with Crippen LogP contribution in [0, 0.1) is 0 Å². The number of hydrogen-bond acceptors (Lipinski definition) is 6. The molecule has 0 heterocycles. The molecule has 0 bridgehead atoms. The molecule has 0 radical (unpaired) electrons. The van der Waals surface area contributed by atoms with Gasteiger partial charge in [0, 0.05) is 0 Å². The van der Waals surface area contributed by atoms with E-state index in [1.54, 1.807) is 0 Å². The predicted octanol–water partition coefficient (Wildman–Crippen LogP) is -5.19. The Morgan fingerprint density at radius 2 is 0.857 bits per heavy atom. The molecule has 84 valence electrons. The van der Waals surface area contributed by atoms with E-state index in [1.165, 1.54) is 0 Å². The molecule has 0 aromatic rings. The van der Waals surface area contributed by atoms with Crippen molar-refractivity contribution in [2.24, 2.45) is 0 Å². The zero-order valence-electron chi connectivity index (χ0n) is 6.16. The summed E-state index contributed by atoms with van der Waals surface area (Å²) in [6.45, 7) is 0. The number of carboxylic acids is 4. The number of rotatable bonds is 0. The molecule has 0 rings (SSSR count). The molecular weight excluding hydrogens is 298 g/mol. The van der Waals surface area contributed by atoms with Gasteiger partial charge >= 0.3 is 32.4 Å². The van der Waals surface area contributed by atoms with Crippen LogP contribution in [-0.4, -0.2) is 39.6 Å². The maximum absolute atomic E-state index is 9.04. The van der Waals surface area contributed by atoms with Crippen LogP contribution in [0.4, 0.5) is 0 Å². The van der Waals surface area contributed by atoms with Crippen LogP contribution < -0.4 is 10.2 Å². The van der Waals surface area contributed by atoms with Gasteiger partial charge in [0.15, 0.2) is 11.9 Å². The van der Waals surface area contributed by atoms with Gasteiger partial charge in [0.1, 0.15) is 0 Å². The largest absolute Gasteiger partial charge is 2.00 e. The van der Waals surface area contributed by atoms with Crippen molar-refractivity contribution >= 4 is 23.9 Å². The summed E-state index contributed by atoms with van der Waals surface area (Å²) in [6.07, 6.45) is 0. The molecule has 9 nitrogen and oxygen atoms in total. The summed E-state index contributed by atoms with van der Waals surface area (Å²) in [5, 5.41) is 32.6. The molecule has 0 aromatic heterocycles. The standard InChI is InChI=1S/2C2H2O4.H2O.Pd/c2*3-1(4)2(5)6;;/h2*(H,3,4)(H,5,6);1H2;/q;;;+2/p-2. The third-order valence-electron chi connectivity index (χ3n) is 0.349. The average molecular weight is 302 g/mol. The zero-order valence-corrected chi connectivity index (χ0v) is 7.71. The summed E-state index contributed by atoms with van der Waals surface area (Å²) in [6, 6.07) is 0. The van der Waals surface area contributed by atoms with E-state index in [-0.39, 0.29) is 25.9 Å². The van der Waals surface area contributed by atoms with Crippen LogP contribution in [0.25, 0.3) is 0 Å². The van der Waals surface area contributed by atoms with Crippen LogP contribution in [-0.2, 0) is 39.6 Å². The molecule has 0 fully saturated rings. The number of hydrogen-bond donors (Lipinski definition) is 2. The van der Waals surface area contributed by atoms with Crippen LogP contribution in [0.5, 0.6) is 0 Å². The Morgan fingerprint density at radius 3 is 0.857 bits per heavy atom. The predicted molar refractivity (Wildman–Crippen MR) is 28.9 cm³/mol. The SMILES string of the molecule is O.O=C([O-])C(=O)O.O=C([O-])C(=O)O.[Pd+2]. The fourth-order valence-corrected chi connectivity index (χ4v) is 0. The fraction of sp³-hybridized carbons (Fsp3) is 0. The van der Waals surface area contributed by atoms with Gasteiger partial charge in [-0.05, 0) is 0 Å². The molecule has 0 amide bonds. The van der Waals surface area contributed by atoms with Crippen molar-refractivity contribution in [2.45, 2.75) is 0 Å². The van der Waals surface area contributed by atoms with Crippen LogP contribution in [0.15, 0.2) is 0 Å². The van der Waals surface area contributed by atoms with Gasteiger partial charge in [0.25, 0.3) is 0 Å². The Bertz CT molecular complexity index is 173. The van der Waals surface area contributed by atoms with E-state index in [1.807, 2.05) is 0 Å². The van der Waals surface area contributed by atoms with E-state index < -0.39 is 23.9 Å². The number of carbonyl (C=O) groups excluding carboxylic acids is 2. The van der Waals surface area contributed by atoms with E-state index in [4.69, 9.17) is 39.6 Å². The molecule has 10 heteroatoms. The van der Waals surface area contributed by atoms with Gasteiger partial charge < -0.3 is 35.5 Å². The first kappa shape index (κ1) is 22.9. The third kappa shape index (κ3) is 22.4. The number of carboxylic acid groups (broad SMARTS) is 4. The first-order valence-corrected chi connectivity index (χ1v) is 2.17. The van der Waals surface area contributed by atoms with Gasteiger partial charge in [-0.15, -0.1) is 0 Å². The zero-order chi connectivity index (χ0) is 10.3. The van der Waals surface area contributed by atoms with E-state index in [0.717, 1.165) is 0 Å². The quantitative estimate of drug-likeness (QED) is 0.328. The minimum Gasteiger partial charge on any atom is -0.539 e. The van der Waals surface area contributed by atoms with E-state index in [0.29, 0.717) is 0 Å². The van der Waals surface area contributed by atoms with Crippen molar-refractivity contribution in [3.63, 3.8) is 0 Å². The molecule has 0 saturated heterocycles. The smallest absolute Gasteiger partial charge is 0.539 e. The summed E-state index contributed by atoms with van der Waals surface area (Å²) < 4.78 is 0. The molecule has 0 spiro atoms. The Labute approximate surface area is 89.9 Å². The number of carbonyl (C=O) groups is 4. The first-order valence-electron chi connectivity index (χ1n) is 2.17. The van der Waals surface area contributed by atoms with Crippen molar-refractivity contribution < 1.29 is 65.5 Å². The molecule has 14 heavy (non-hydrogen) atoms. The van der Waals surface area contributed by atoms with Crippen molar-refractivity contribution in [1.82, 2.24) is 0 Å². The third-order valence-corrected chi connectivity index (χ3v) is 0.349. The second-order valence-corrected chi connectivity index (χ2v) is 1.19. The Morgan fingerprint density at radius 1 is 0.786 bits per heavy atom. The molecule has 0 aromatic carbocycles. The van der Waals surface area contributed by atoms with Gasteiger partial charge in [0.2, 0.25) is 0 Å². The molecule has 0 unspecified atom stereocenters. The van der Waals surface area contributed by atoms with Crippen LogP contribution in [0.2, 0.25) is 0 Å². The number of aliphatic carboxylic acids is 4. The maximum Gasteiger partial charge on any atom is 2.00 e. The van der Waals surface area contributed by atoms with Crippen LogP contribution in [0.3, 0.4) is 0 Å². The summed E-state index contributed by atoms with van der Waals surface area (Å²) in [5.74, 6) is -8.02. The van der Waals surface area contributed by atoms with Gasteiger partial charge in [-0.2, -0.15) is 0 Å². The van der Waals surface area contributed by atoms with E-state index >= 15 is 0 Å². The normalized spacial score (nSPS) is 6.29. The minimum atomic E-state index is -2.07. The summed E-state index contributed by atoms with van der Waals surface area (Å²) >= 11 is 0. The van der Waals surface area contributed by atoms with Crippen molar-refractivity contribution in [3.8, 4) is 0 Å². The van der Waals surface area contributed by atoms with Crippen molar-refractivity contribution in [1.29, 1.82) is 0 Å². The molecule has 0 saturated carbocycles. The van der Waals surface area contributed by atoms with Crippen molar-refractivity contribution in [2.75, 3.05) is 0 Å². The van der Waals surface area contributed by atoms with Gasteiger partial charge in [0.05, 0.1) is 0 Å². The monoisotopic (exact) mass is 302 g/mol. The Kier molecular flexibility index (Phi) is 18.8. The maximum atomic E-state index is 9.04. The first-order chi connectivity index (χ1) is 5.29. The molecule has 0 atom stereocenters. The second-order valence-electron chi connectivity index (χ2n) is 1.19. The molecule has 0 aliphatic carbocycles. The minimum absolute atomic E-state index is 0. The van der Waals surface area contributed by atoms with Crippen LogP contribution in [0.1, 0.15) is 0 Å². The Hall–Kier alpha value is -1.50. The van der Waals surface area contributed by atoms with Crippen LogP contribution >= 0.6 is 0 Å².